The Balaban J connectivity index is 1.85. The van der Waals surface area contributed by atoms with Gasteiger partial charge in [0.2, 0.25) is 0 Å². The SMILES string of the molecule is COC(=O)c1ccccc1N(C)c1ncnc(NCC2CCCO2)c1N. The van der Waals surface area contributed by atoms with Crippen LogP contribution in [0.1, 0.15) is 23.2 Å². The lowest BCUT2D eigenvalue weighted by atomic mass is 10.1. The molecule has 1 aliphatic rings. The minimum Gasteiger partial charge on any atom is -0.465 e. The van der Waals surface area contributed by atoms with Gasteiger partial charge in [0.1, 0.15) is 12.0 Å². The summed E-state index contributed by atoms with van der Waals surface area (Å²) in [5.41, 5.74) is 7.77. The van der Waals surface area contributed by atoms with Crippen molar-refractivity contribution in [2.45, 2.75) is 18.9 Å². The summed E-state index contributed by atoms with van der Waals surface area (Å²) in [7, 11) is 3.15. The molecule has 26 heavy (non-hydrogen) atoms. The van der Waals surface area contributed by atoms with Gasteiger partial charge in [-0.3, -0.25) is 0 Å². The lowest BCUT2D eigenvalue weighted by Crippen LogP contribution is -2.22. The number of nitrogen functional groups attached to an aromatic ring is 1. The summed E-state index contributed by atoms with van der Waals surface area (Å²) < 4.78 is 10.5. The highest BCUT2D eigenvalue weighted by Gasteiger charge is 2.20. The lowest BCUT2D eigenvalue weighted by Gasteiger charge is -2.23. The maximum Gasteiger partial charge on any atom is 0.339 e. The molecule has 1 aromatic carbocycles. The third kappa shape index (κ3) is 3.70. The van der Waals surface area contributed by atoms with Crippen molar-refractivity contribution in [1.82, 2.24) is 9.97 Å². The molecule has 3 rings (SSSR count). The number of benzene rings is 1. The Labute approximate surface area is 152 Å². The summed E-state index contributed by atoms with van der Waals surface area (Å²) in [5, 5.41) is 3.23. The number of carbonyl (C=O) groups is 1. The van der Waals surface area contributed by atoms with Gasteiger partial charge in [-0.25, -0.2) is 14.8 Å². The number of ether oxygens (including phenoxy) is 2. The average molecular weight is 357 g/mol. The summed E-state index contributed by atoms with van der Waals surface area (Å²) in [4.78, 5) is 22.3. The number of hydrogen-bond acceptors (Lipinski definition) is 8. The van der Waals surface area contributed by atoms with E-state index in [1.54, 1.807) is 24.1 Å². The van der Waals surface area contributed by atoms with Crippen LogP contribution in [0.2, 0.25) is 0 Å². The number of rotatable bonds is 6. The Morgan fingerprint density at radius 2 is 2.23 bits per heavy atom. The highest BCUT2D eigenvalue weighted by atomic mass is 16.5. The second-order valence-electron chi connectivity index (χ2n) is 6.04. The van der Waals surface area contributed by atoms with E-state index in [4.69, 9.17) is 15.2 Å². The standard InChI is InChI=1S/C18H23N5O3/c1-23(14-8-4-3-7-13(14)18(24)25-2)17-15(19)16(21-11-22-17)20-10-12-6-5-9-26-12/h3-4,7-8,11-12H,5-6,9-10,19H2,1-2H3,(H,20,21,22). The molecule has 1 fully saturated rings. The molecule has 1 aromatic heterocycles. The third-order valence-corrected chi connectivity index (χ3v) is 4.37. The molecule has 1 aliphatic heterocycles. The van der Waals surface area contributed by atoms with Crippen LogP contribution in [0.5, 0.6) is 0 Å². The van der Waals surface area contributed by atoms with Crippen molar-refractivity contribution in [3.8, 4) is 0 Å². The van der Waals surface area contributed by atoms with Crippen molar-refractivity contribution in [2.24, 2.45) is 0 Å². The Morgan fingerprint density at radius 1 is 1.42 bits per heavy atom. The summed E-state index contributed by atoms with van der Waals surface area (Å²) in [6.45, 7) is 1.44. The Hall–Kier alpha value is -2.87. The molecule has 8 heteroatoms. The van der Waals surface area contributed by atoms with Crippen molar-refractivity contribution < 1.29 is 14.3 Å². The number of nitrogens with zero attached hydrogens (tertiary/aromatic N) is 3. The monoisotopic (exact) mass is 357 g/mol. The zero-order valence-corrected chi connectivity index (χ0v) is 14.9. The molecule has 1 atom stereocenters. The second kappa shape index (κ2) is 8.01. The summed E-state index contributed by atoms with van der Waals surface area (Å²) in [6, 6.07) is 7.13. The van der Waals surface area contributed by atoms with Gasteiger partial charge in [-0.2, -0.15) is 0 Å². The van der Waals surface area contributed by atoms with Crippen LogP contribution in [0.25, 0.3) is 0 Å². The smallest absolute Gasteiger partial charge is 0.339 e. The molecule has 1 unspecified atom stereocenters. The summed E-state index contributed by atoms with van der Waals surface area (Å²) in [6.07, 6.45) is 3.72. The Kier molecular flexibility index (Phi) is 5.52. The summed E-state index contributed by atoms with van der Waals surface area (Å²) >= 11 is 0. The molecule has 0 saturated carbocycles. The predicted molar refractivity (Wildman–Crippen MR) is 99.8 cm³/mol. The van der Waals surface area contributed by atoms with Gasteiger partial charge in [0.05, 0.1) is 24.5 Å². The number of anilines is 4. The van der Waals surface area contributed by atoms with Crippen LogP contribution in [0.15, 0.2) is 30.6 Å². The van der Waals surface area contributed by atoms with Crippen molar-refractivity contribution in [3.05, 3.63) is 36.2 Å². The Bertz CT molecular complexity index is 777. The first kappa shape index (κ1) is 17.9. The molecule has 3 N–H and O–H groups in total. The van der Waals surface area contributed by atoms with Crippen LogP contribution in [-0.2, 0) is 9.47 Å². The quantitative estimate of drug-likeness (QED) is 0.759. The highest BCUT2D eigenvalue weighted by molar-refractivity contribution is 5.97. The van der Waals surface area contributed by atoms with Gasteiger partial charge in [-0.15, -0.1) is 0 Å². The molecular weight excluding hydrogens is 334 g/mol. The summed E-state index contributed by atoms with van der Waals surface area (Å²) in [5.74, 6) is 0.635. The molecule has 138 valence electrons. The van der Waals surface area contributed by atoms with E-state index in [1.807, 2.05) is 12.1 Å². The molecule has 0 bridgehead atoms. The van der Waals surface area contributed by atoms with E-state index in [2.05, 4.69) is 15.3 Å². The van der Waals surface area contributed by atoms with E-state index < -0.39 is 5.97 Å². The number of carbonyl (C=O) groups excluding carboxylic acids is 1. The Morgan fingerprint density at radius 3 is 2.96 bits per heavy atom. The zero-order valence-electron chi connectivity index (χ0n) is 14.9. The number of para-hydroxylation sites is 1. The molecule has 2 aromatic rings. The highest BCUT2D eigenvalue weighted by Crippen LogP contribution is 2.32. The molecular formula is C18H23N5O3. The van der Waals surface area contributed by atoms with Crippen molar-refractivity contribution >= 4 is 29.0 Å². The first-order valence-corrected chi connectivity index (χ1v) is 8.48. The van der Waals surface area contributed by atoms with Gasteiger partial charge in [0.25, 0.3) is 0 Å². The number of nitrogens with two attached hydrogens (primary N) is 1. The number of nitrogens with one attached hydrogen (secondary N) is 1. The zero-order chi connectivity index (χ0) is 18.5. The third-order valence-electron chi connectivity index (χ3n) is 4.37. The topological polar surface area (TPSA) is 103 Å². The molecule has 0 spiro atoms. The van der Waals surface area contributed by atoms with Crippen LogP contribution in [-0.4, -0.2) is 49.4 Å². The van der Waals surface area contributed by atoms with Crippen molar-refractivity contribution in [2.75, 3.05) is 43.3 Å². The van der Waals surface area contributed by atoms with E-state index >= 15 is 0 Å². The van der Waals surface area contributed by atoms with Crippen LogP contribution in [0, 0.1) is 0 Å². The minimum atomic E-state index is -0.420. The van der Waals surface area contributed by atoms with Crippen LogP contribution >= 0.6 is 0 Å². The van der Waals surface area contributed by atoms with E-state index in [9.17, 15) is 4.79 Å². The molecule has 1 saturated heterocycles. The lowest BCUT2D eigenvalue weighted by molar-refractivity contribution is 0.0601. The predicted octanol–water partition coefficient (Wildman–Crippen LogP) is 2.20. The van der Waals surface area contributed by atoms with E-state index in [0.29, 0.717) is 35.1 Å². The van der Waals surface area contributed by atoms with Crippen molar-refractivity contribution in [1.29, 1.82) is 0 Å². The van der Waals surface area contributed by atoms with Crippen LogP contribution in [0.4, 0.5) is 23.0 Å². The number of esters is 1. The fourth-order valence-corrected chi connectivity index (χ4v) is 2.97. The number of methoxy groups -OCH3 is 1. The first-order valence-electron chi connectivity index (χ1n) is 8.48. The van der Waals surface area contributed by atoms with E-state index in [0.717, 1.165) is 19.4 Å². The molecule has 0 radical (unpaired) electrons. The van der Waals surface area contributed by atoms with Gasteiger partial charge in [-0.05, 0) is 25.0 Å². The molecule has 2 heterocycles. The minimum absolute atomic E-state index is 0.172. The van der Waals surface area contributed by atoms with Crippen molar-refractivity contribution in [3.63, 3.8) is 0 Å². The normalized spacial score (nSPS) is 16.3. The first-order chi connectivity index (χ1) is 12.6. The average Bonchev–Trinajstić information content (AvgIpc) is 3.19. The van der Waals surface area contributed by atoms with Gasteiger partial charge in [-0.1, -0.05) is 12.1 Å². The van der Waals surface area contributed by atoms with Crippen LogP contribution < -0.4 is 16.0 Å². The van der Waals surface area contributed by atoms with E-state index in [1.165, 1.54) is 13.4 Å². The number of aromatic nitrogens is 2. The maximum atomic E-state index is 12.0. The fraction of sp³-hybridized carbons (Fsp3) is 0.389. The molecule has 8 nitrogen and oxygen atoms in total. The van der Waals surface area contributed by atoms with Gasteiger partial charge < -0.3 is 25.4 Å². The van der Waals surface area contributed by atoms with Gasteiger partial charge in [0.15, 0.2) is 11.6 Å². The fourth-order valence-electron chi connectivity index (χ4n) is 2.97. The second-order valence-corrected chi connectivity index (χ2v) is 6.04. The van der Waals surface area contributed by atoms with Gasteiger partial charge in [0, 0.05) is 20.2 Å². The molecule has 0 amide bonds. The molecule has 0 aliphatic carbocycles. The maximum absolute atomic E-state index is 12.0. The van der Waals surface area contributed by atoms with E-state index in [-0.39, 0.29) is 6.10 Å². The van der Waals surface area contributed by atoms with Crippen LogP contribution in [0.3, 0.4) is 0 Å². The van der Waals surface area contributed by atoms with Gasteiger partial charge >= 0.3 is 5.97 Å². The number of hydrogen-bond donors (Lipinski definition) is 2. The largest absolute Gasteiger partial charge is 0.465 e.